The quantitative estimate of drug-likeness (QED) is 0.387. The van der Waals surface area contributed by atoms with Crippen LogP contribution in [-0.4, -0.2) is 0 Å². The Kier molecular flexibility index (Phi) is 7.80. The van der Waals surface area contributed by atoms with Gasteiger partial charge in [0.1, 0.15) is 11.6 Å². The fraction of sp³-hybridized carbons (Fsp3) is 0.538. The summed E-state index contributed by atoms with van der Waals surface area (Å²) in [5, 5.41) is 1.09. The first-order valence-electron chi connectivity index (χ1n) is 11.3. The van der Waals surface area contributed by atoms with Gasteiger partial charge in [0.15, 0.2) is 5.83 Å². The summed E-state index contributed by atoms with van der Waals surface area (Å²) >= 11 is 0. The molecule has 0 spiro atoms. The fourth-order valence-electron chi connectivity index (χ4n) is 4.64. The first-order chi connectivity index (χ1) is 14.0. The number of hydrogen-bond donors (Lipinski definition) is 0. The average Bonchev–Trinajstić information content (AvgIpc) is 2.75. The lowest BCUT2D eigenvalue weighted by molar-refractivity contribution is 0.258. The van der Waals surface area contributed by atoms with Crippen molar-refractivity contribution >= 4 is 16.6 Å². The highest BCUT2D eigenvalue weighted by molar-refractivity contribution is 5.87. The van der Waals surface area contributed by atoms with E-state index in [9.17, 15) is 13.2 Å². The molecule has 0 aromatic heterocycles. The molecular weight excluding hydrogens is 369 g/mol. The van der Waals surface area contributed by atoms with Gasteiger partial charge in [-0.05, 0) is 55.0 Å². The first-order valence-corrected chi connectivity index (χ1v) is 11.3. The topological polar surface area (TPSA) is 0 Å². The van der Waals surface area contributed by atoms with Crippen molar-refractivity contribution < 1.29 is 13.2 Å². The SMILES string of the molecule is CCCCCC1CCC(C(F)=C(F)c2ccc3c(F)c(CCC)ccc3c2)CC1. The van der Waals surface area contributed by atoms with Gasteiger partial charge in [-0.1, -0.05) is 70.2 Å². The third-order valence-corrected chi connectivity index (χ3v) is 6.44. The van der Waals surface area contributed by atoms with Crippen molar-refractivity contribution in [3.8, 4) is 0 Å². The molecular formula is C26H33F3. The Balaban J connectivity index is 1.73. The largest absolute Gasteiger partial charge is 0.208 e. The van der Waals surface area contributed by atoms with E-state index < -0.39 is 11.7 Å². The van der Waals surface area contributed by atoms with Gasteiger partial charge in [-0.25, -0.2) is 13.2 Å². The first kappa shape index (κ1) is 21.9. The zero-order valence-corrected chi connectivity index (χ0v) is 17.7. The Morgan fingerprint density at radius 1 is 0.931 bits per heavy atom. The van der Waals surface area contributed by atoms with Crippen LogP contribution in [0.25, 0.3) is 16.6 Å². The maximum atomic E-state index is 14.9. The Morgan fingerprint density at radius 3 is 2.38 bits per heavy atom. The number of allylic oxidation sites excluding steroid dienone is 1. The molecule has 3 heteroatoms. The van der Waals surface area contributed by atoms with E-state index in [0.717, 1.165) is 32.1 Å². The summed E-state index contributed by atoms with van der Waals surface area (Å²) in [6, 6.07) is 8.21. The second kappa shape index (κ2) is 10.3. The van der Waals surface area contributed by atoms with E-state index in [1.807, 2.05) is 6.92 Å². The number of benzene rings is 2. The molecule has 0 heterocycles. The van der Waals surface area contributed by atoms with Crippen LogP contribution in [-0.2, 0) is 6.42 Å². The Bertz CT molecular complexity index is 844. The smallest absolute Gasteiger partial charge is 0.162 e. The van der Waals surface area contributed by atoms with Gasteiger partial charge < -0.3 is 0 Å². The molecule has 158 valence electrons. The van der Waals surface area contributed by atoms with Crippen LogP contribution in [0.5, 0.6) is 0 Å². The van der Waals surface area contributed by atoms with Gasteiger partial charge in [0.05, 0.1) is 0 Å². The lowest BCUT2D eigenvalue weighted by atomic mass is 9.79. The van der Waals surface area contributed by atoms with E-state index in [0.29, 0.717) is 28.7 Å². The predicted molar refractivity (Wildman–Crippen MR) is 117 cm³/mol. The van der Waals surface area contributed by atoms with Gasteiger partial charge >= 0.3 is 0 Å². The second-order valence-corrected chi connectivity index (χ2v) is 8.60. The number of rotatable bonds is 8. The molecule has 0 amide bonds. The van der Waals surface area contributed by atoms with Crippen LogP contribution in [0.1, 0.15) is 82.8 Å². The number of hydrogen-bond acceptors (Lipinski definition) is 0. The summed E-state index contributed by atoms with van der Waals surface area (Å²) in [5.41, 5.74) is 0.883. The summed E-state index contributed by atoms with van der Waals surface area (Å²) in [7, 11) is 0. The van der Waals surface area contributed by atoms with Gasteiger partial charge in [0.25, 0.3) is 0 Å². The van der Waals surface area contributed by atoms with Crippen LogP contribution in [0.3, 0.4) is 0 Å². The molecule has 1 saturated carbocycles. The zero-order valence-electron chi connectivity index (χ0n) is 17.7. The van der Waals surface area contributed by atoms with Crippen LogP contribution in [0.2, 0.25) is 0 Å². The highest BCUT2D eigenvalue weighted by Gasteiger charge is 2.26. The Hall–Kier alpha value is -1.77. The zero-order chi connectivity index (χ0) is 20.8. The van der Waals surface area contributed by atoms with Crippen molar-refractivity contribution in [3.63, 3.8) is 0 Å². The molecule has 0 radical (unpaired) electrons. The number of aryl methyl sites for hydroxylation is 1. The van der Waals surface area contributed by atoms with Crippen molar-refractivity contribution in [3.05, 3.63) is 53.1 Å². The van der Waals surface area contributed by atoms with Gasteiger partial charge in [0.2, 0.25) is 0 Å². The van der Waals surface area contributed by atoms with Crippen LogP contribution in [0.15, 0.2) is 36.2 Å². The molecule has 0 bridgehead atoms. The average molecular weight is 403 g/mol. The molecule has 1 fully saturated rings. The standard InChI is InChI=1S/C26H33F3/c1-3-5-6-8-18-9-11-20(12-10-18)25(28)26(29)22-15-16-23-21(17-22)14-13-19(7-4-2)24(23)27/h13-18,20H,3-12H2,1-2H3. The lowest BCUT2D eigenvalue weighted by Crippen LogP contribution is -2.15. The highest BCUT2D eigenvalue weighted by Crippen LogP contribution is 2.39. The summed E-state index contributed by atoms with van der Waals surface area (Å²) in [6.07, 6.45) is 9.88. The molecule has 2 aromatic carbocycles. The molecule has 0 N–H and O–H groups in total. The van der Waals surface area contributed by atoms with Gasteiger partial charge in [-0.3, -0.25) is 0 Å². The molecule has 0 unspecified atom stereocenters. The fourth-order valence-corrected chi connectivity index (χ4v) is 4.64. The number of unbranched alkanes of at least 4 members (excludes halogenated alkanes) is 2. The number of halogens is 3. The predicted octanol–water partition coefficient (Wildman–Crippen LogP) is 8.93. The normalized spacial score (nSPS) is 20.7. The molecule has 0 atom stereocenters. The summed E-state index contributed by atoms with van der Waals surface area (Å²) in [6.45, 7) is 4.21. The summed E-state index contributed by atoms with van der Waals surface area (Å²) < 4.78 is 44.4. The Morgan fingerprint density at radius 2 is 1.69 bits per heavy atom. The van der Waals surface area contributed by atoms with Crippen molar-refractivity contribution in [2.75, 3.05) is 0 Å². The van der Waals surface area contributed by atoms with E-state index in [1.165, 1.54) is 31.7 Å². The molecule has 3 rings (SSSR count). The minimum absolute atomic E-state index is 0.211. The molecule has 1 aliphatic rings. The van der Waals surface area contributed by atoms with Crippen molar-refractivity contribution in [1.29, 1.82) is 0 Å². The second-order valence-electron chi connectivity index (χ2n) is 8.60. The Labute approximate surface area is 173 Å². The molecule has 0 saturated heterocycles. The maximum absolute atomic E-state index is 14.9. The van der Waals surface area contributed by atoms with Crippen molar-refractivity contribution in [1.82, 2.24) is 0 Å². The van der Waals surface area contributed by atoms with E-state index in [-0.39, 0.29) is 17.3 Å². The minimum Gasteiger partial charge on any atom is -0.208 e. The van der Waals surface area contributed by atoms with Crippen molar-refractivity contribution in [2.45, 2.75) is 78.1 Å². The van der Waals surface area contributed by atoms with E-state index in [2.05, 4.69) is 6.92 Å². The van der Waals surface area contributed by atoms with Gasteiger partial charge in [-0.2, -0.15) is 0 Å². The lowest BCUT2D eigenvalue weighted by Gasteiger charge is -2.27. The molecule has 29 heavy (non-hydrogen) atoms. The van der Waals surface area contributed by atoms with Crippen LogP contribution in [0, 0.1) is 17.7 Å². The van der Waals surface area contributed by atoms with Gasteiger partial charge in [-0.15, -0.1) is 0 Å². The maximum Gasteiger partial charge on any atom is 0.162 e. The molecule has 0 aliphatic heterocycles. The van der Waals surface area contributed by atoms with Crippen LogP contribution >= 0.6 is 0 Å². The van der Waals surface area contributed by atoms with Crippen LogP contribution < -0.4 is 0 Å². The molecule has 1 aliphatic carbocycles. The monoisotopic (exact) mass is 402 g/mol. The van der Waals surface area contributed by atoms with Crippen LogP contribution in [0.4, 0.5) is 13.2 Å². The summed E-state index contributed by atoms with van der Waals surface area (Å²) in [5.74, 6) is -1.31. The number of fused-ring (bicyclic) bond motifs is 1. The van der Waals surface area contributed by atoms with E-state index in [1.54, 1.807) is 24.3 Å². The van der Waals surface area contributed by atoms with E-state index >= 15 is 0 Å². The van der Waals surface area contributed by atoms with Crippen molar-refractivity contribution in [2.24, 2.45) is 11.8 Å². The molecule has 0 nitrogen and oxygen atoms in total. The van der Waals surface area contributed by atoms with E-state index in [4.69, 9.17) is 0 Å². The minimum atomic E-state index is -0.778. The summed E-state index contributed by atoms with van der Waals surface area (Å²) in [4.78, 5) is 0. The third-order valence-electron chi connectivity index (χ3n) is 6.44. The molecule has 2 aromatic rings. The highest BCUT2D eigenvalue weighted by atomic mass is 19.2. The van der Waals surface area contributed by atoms with Gasteiger partial charge in [0, 0.05) is 16.9 Å². The third kappa shape index (κ3) is 5.24.